The van der Waals surface area contributed by atoms with E-state index in [1.54, 1.807) is 0 Å². The quantitative estimate of drug-likeness (QED) is 0.716. The molecule has 0 aliphatic rings. The molecule has 7 heteroatoms. The van der Waals surface area contributed by atoms with E-state index in [1.165, 1.54) is 0 Å². The van der Waals surface area contributed by atoms with E-state index < -0.39 is 10.0 Å². The molecule has 0 radical (unpaired) electrons. The van der Waals surface area contributed by atoms with Crippen LogP contribution in [-0.4, -0.2) is 31.7 Å². The summed E-state index contributed by atoms with van der Waals surface area (Å²) in [5.41, 5.74) is 1.53. The molecule has 21 heavy (non-hydrogen) atoms. The summed E-state index contributed by atoms with van der Waals surface area (Å²) >= 11 is 0. The van der Waals surface area contributed by atoms with Crippen molar-refractivity contribution in [2.45, 2.75) is 53.1 Å². The van der Waals surface area contributed by atoms with Crippen LogP contribution >= 0.6 is 0 Å². The molecule has 0 aliphatic carbocycles. The molecule has 0 bridgehead atoms. The molecule has 1 atom stereocenters. The van der Waals surface area contributed by atoms with Gasteiger partial charge in [0.25, 0.3) is 10.0 Å². The van der Waals surface area contributed by atoms with Gasteiger partial charge in [0.1, 0.15) is 0 Å². The minimum absolute atomic E-state index is 0.0522. The predicted molar refractivity (Wildman–Crippen MR) is 84.5 cm³/mol. The van der Waals surface area contributed by atoms with Gasteiger partial charge >= 0.3 is 0 Å². The maximum Gasteiger partial charge on any atom is 0.260 e. The van der Waals surface area contributed by atoms with Crippen molar-refractivity contribution >= 4 is 10.0 Å². The van der Waals surface area contributed by atoms with E-state index in [-0.39, 0.29) is 16.4 Å². The second-order valence-electron chi connectivity index (χ2n) is 6.53. The molecule has 0 spiro atoms. The van der Waals surface area contributed by atoms with Gasteiger partial charge in [-0.25, -0.2) is 13.1 Å². The largest absolute Gasteiger partial charge is 0.313 e. The van der Waals surface area contributed by atoms with Gasteiger partial charge < -0.3 is 5.32 Å². The Morgan fingerprint density at radius 2 is 1.95 bits per heavy atom. The zero-order chi connectivity index (χ0) is 16.3. The second-order valence-corrected chi connectivity index (χ2v) is 8.21. The number of sulfonamides is 1. The molecule has 1 unspecified atom stereocenters. The minimum Gasteiger partial charge on any atom is -0.313 e. The maximum absolute atomic E-state index is 12.4. The maximum atomic E-state index is 12.4. The summed E-state index contributed by atoms with van der Waals surface area (Å²) < 4.78 is 27.6. The molecule has 1 heterocycles. The van der Waals surface area contributed by atoms with Crippen LogP contribution < -0.4 is 10.0 Å². The van der Waals surface area contributed by atoms with Crippen LogP contribution in [0.4, 0.5) is 0 Å². The van der Waals surface area contributed by atoms with Gasteiger partial charge in [0.2, 0.25) is 0 Å². The van der Waals surface area contributed by atoms with Crippen LogP contribution in [0.15, 0.2) is 5.03 Å². The van der Waals surface area contributed by atoms with Crippen molar-refractivity contribution in [1.82, 2.24) is 20.2 Å². The van der Waals surface area contributed by atoms with Crippen LogP contribution in [0.3, 0.4) is 0 Å². The Hall–Kier alpha value is -0.920. The Kier molecular flexibility index (Phi) is 5.95. The zero-order valence-corrected chi connectivity index (χ0v) is 14.7. The second kappa shape index (κ2) is 6.89. The zero-order valence-electron chi connectivity index (χ0n) is 13.9. The third-order valence-corrected chi connectivity index (χ3v) is 5.29. The van der Waals surface area contributed by atoms with Gasteiger partial charge in [0, 0.05) is 24.3 Å². The lowest BCUT2D eigenvalue weighted by atomic mass is 9.82. The molecule has 0 saturated heterocycles. The van der Waals surface area contributed by atoms with Crippen LogP contribution in [0.25, 0.3) is 0 Å². The molecule has 3 N–H and O–H groups in total. The topological polar surface area (TPSA) is 86.9 Å². The van der Waals surface area contributed by atoms with Gasteiger partial charge in [-0.15, -0.1) is 0 Å². The molecule has 6 nitrogen and oxygen atoms in total. The van der Waals surface area contributed by atoms with E-state index in [4.69, 9.17) is 0 Å². The van der Waals surface area contributed by atoms with Gasteiger partial charge in [-0.3, -0.25) is 5.10 Å². The lowest BCUT2D eigenvalue weighted by Gasteiger charge is -2.27. The van der Waals surface area contributed by atoms with Crippen molar-refractivity contribution in [3.63, 3.8) is 0 Å². The highest BCUT2D eigenvalue weighted by molar-refractivity contribution is 7.89. The lowest BCUT2D eigenvalue weighted by Crippen LogP contribution is -2.34. The van der Waals surface area contributed by atoms with E-state index in [0.717, 1.165) is 12.2 Å². The first kappa shape index (κ1) is 18.1. The van der Waals surface area contributed by atoms with Gasteiger partial charge in [-0.1, -0.05) is 34.6 Å². The normalized spacial score (nSPS) is 14.4. The molecule has 1 rings (SSSR count). The van der Waals surface area contributed by atoms with Crippen LogP contribution in [0.5, 0.6) is 0 Å². The Bertz CT molecular complexity index is 558. The number of nitrogens with zero attached hydrogens (tertiary/aromatic N) is 1. The number of aryl methyl sites for hydroxylation is 1. The van der Waals surface area contributed by atoms with Crippen molar-refractivity contribution in [3.8, 4) is 0 Å². The molecule has 0 fully saturated rings. The Morgan fingerprint density at radius 1 is 1.33 bits per heavy atom. The summed E-state index contributed by atoms with van der Waals surface area (Å²) in [6.45, 7) is 13.8. The number of hydrogen-bond acceptors (Lipinski definition) is 4. The third kappa shape index (κ3) is 4.79. The number of aromatic nitrogens is 2. The average molecular weight is 316 g/mol. The summed E-state index contributed by atoms with van der Waals surface area (Å²) in [5, 5.41) is 9.97. The highest BCUT2D eigenvalue weighted by Gasteiger charge is 2.26. The standard InChI is InChI=1S/C14H28N4O2S/c1-7-15-9-12-11(3)17-18-13(12)21(19,20)16-8-10(2)14(4,5)6/h10,15-16H,7-9H2,1-6H3,(H,17,18). The first-order valence-corrected chi connectivity index (χ1v) is 8.82. The van der Waals surface area contributed by atoms with Gasteiger partial charge in [0.05, 0.1) is 0 Å². The smallest absolute Gasteiger partial charge is 0.260 e. The van der Waals surface area contributed by atoms with Crippen molar-refractivity contribution in [2.75, 3.05) is 13.1 Å². The minimum atomic E-state index is -3.59. The fraction of sp³-hybridized carbons (Fsp3) is 0.786. The summed E-state index contributed by atoms with van der Waals surface area (Å²) in [7, 11) is -3.59. The predicted octanol–water partition coefficient (Wildman–Crippen LogP) is 1.79. The highest BCUT2D eigenvalue weighted by Crippen LogP contribution is 2.25. The number of hydrogen-bond donors (Lipinski definition) is 3. The number of rotatable bonds is 7. The Morgan fingerprint density at radius 3 is 2.48 bits per heavy atom. The Labute approximate surface area is 128 Å². The van der Waals surface area contributed by atoms with Crippen molar-refractivity contribution in [2.24, 2.45) is 11.3 Å². The van der Waals surface area contributed by atoms with Crippen LogP contribution in [0.1, 0.15) is 45.9 Å². The SMILES string of the molecule is CCNCc1c(S(=O)(=O)NCC(C)C(C)(C)C)n[nH]c1C. The van der Waals surface area contributed by atoms with Crippen LogP contribution in [0, 0.1) is 18.3 Å². The van der Waals surface area contributed by atoms with E-state index in [1.807, 2.05) is 20.8 Å². The van der Waals surface area contributed by atoms with Gasteiger partial charge in [-0.05, 0) is 24.8 Å². The Balaban J connectivity index is 2.88. The van der Waals surface area contributed by atoms with Crippen molar-refractivity contribution in [3.05, 3.63) is 11.3 Å². The lowest BCUT2D eigenvalue weighted by molar-refractivity contribution is 0.263. The molecular weight excluding hydrogens is 288 g/mol. The third-order valence-electron chi connectivity index (χ3n) is 3.90. The summed E-state index contributed by atoms with van der Waals surface area (Å²) in [6.07, 6.45) is 0. The molecule has 0 aliphatic heterocycles. The molecule has 1 aromatic heterocycles. The first-order valence-electron chi connectivity index (χ1n) is 7.33. The van der Waals surface area contributed by atoms with E-state index in [0.29, 0.717) is 18.7 Å². The van der Waals surface area contributed by atoms with E-state index >= 15 is 0 Å². The molecule has 0 amide bonds. The summed E-state index contributed by atoms with van der Waals surface area (Å²) in [4.78, 5) is 0. The monoisotopic (exact) mass is 316 g/mol. The molecule has 1 aromatic rings. The van der Waals surface area contributed by atoms with Crippen molar-refractivity contribution in [1.29, 1.82) is 0 Å². The summed E-state index contributed by atoms with van der Waals surface area (Å²) in [5.74, 6) is 0.226. The summed E-state index contributed by atoms with van der Waals surface area (Å²) in [6, 6.07) is 0. The van der Waals surface area contributed by atoms with E-state index in [2.05, 4.69) is 41.0 Å². The molecule has 122 valence electrons. The van der Waals surface area contributed by atoms with Crippen LogP contribution in [-0.2, 0) is 16.6 Å². The van der Waals surface area contributed by atoms with Gasteiger partial charge in [0.15, 0.2) is 5.03 Å². The van der Waals surface area contributed by atoms with Crippen molar-refractivity contribution < 1.29 is 8.42 Å². The fourth-order valence-corrected chi connectivity index (χ4v) is 3.04. The highest BCUT2D eigenvalue weighted by atomic mass is 32.2. The number of aromatic amines is 1. The number of nitrogens with one attached hydrogen (secondary N) is 3. The molecule has 0 aromatic carbocycles. The number of H-pyrrole nitrogens is 1. The van der Waals surface area contributed by atoms with Crippen LogP contribution in [0.2, 0.25) is 0 Å². The average Bonchev–Trinajstić information content (AvgIpc) is 2.74. The molecule has 0 saturated carbocycles. The first-order chi connectivity index (χ1) is 9.59. The molecular formula is C14H28N4O2S. The van der Waals surface area contributed by atoms with Gasteiger partial charge in [-0.2, -0.15) is 5.10 Å². The van der Waals surface area contributed by atoms with E-state index in [9.17, 15) is 8.42 Å². The fourth-order valence-electron chi connectivity index (χ4n) is 1.72.